The van der Waals surface area contributed by atoms with Gasteiger partial charge in [-0.3, -0.25) is 9.59 Å². The van der Waals surface area contributed by atoms with Crippen LogP contribution < -0.4 is 0 Å². The van der Waals surface area contributed by atoms with Crippen LogP contribution in [0, 0.1) is 39.4 Å². The number of esters is 1. The van der Waals surface area contributed by atoms with Gasteiger partial charge in [0.25, 0.3) is 0 Å². The van der Waals surface area contributed by atoms with Crippen LogP contribution in [0.1, 0.15) is 107 Å². The number of ether oxygens (including phenoxy) is 2. The van der Waals surface area contributed by atoms with Gasteiger partial charge >= 0.3 is 5.97 Å². The zero-order valence-electron chi connectivity index (χ0n) is 25.0. The first kappa shape index (κ1) is 28.3. The zero-order valence-corrected chi connectivity index (χ0v) is 25.0. The Hall–Kier alpha value is -1.24. The lowest BCUT2D eigenvalue weighted by atomic mass is 9.35. The lowest BCUT2D eigenvalue weighted by Crippen LogP contribution is -2.68. The molecule has 6 heteroatoms. The van der Waals surface area contributed by atoms with Crippen LogP contribution in [-0.2, 0) is 19.1 Å². The van der Waals surface area contributed by atoms with Crippen molar-refractivity contribution in [1.29, 1.82) is 0 Å². The summed E-state index contributed by atoms with van der Waals surface area (Å²) >= 11 is 0. The first-order valence-corrected chi connectivity index (χ1v) is 14.9. The summed E-state index contributed by atoms with van der Waals surface area (Å²) in [6.45, 7) is 18.8. The van der Waals surface area contributed by atoms with Gasteiger partial charge in [-0.15, -0.1) is 0 Å². The van der Waals surface area contributed by atoms with Crippen LogP contribution in [0.25, 0.3) is 0 Å². The van der Waals surface area contributed by atoms with E-state index < -0.39 is 17.6 Å². The molecule has 3 saturated carbocycles. The fourth-order valence-corrected chi connectivity index (χ4v) is 10.4. The number of carbonyl (C=O) groups is 2. The van der Waals surface area contributed by atoms with E-state index in [1.54, 1.807) is 0 Å². The zero-order chi connectivity index (χ0) is 28.2. The Morgan fingerprint density at radius 1 is 1.05 bits per heavy atom. The number of fused-ring (bicyclic) bond motifs is 5. The van der Waals surface area contributed by atoms with E-state index in [-0.39, 0.29) is 57.8 Å². The van der Waals surface area contributed by atoms with E-state index >= 15 is 0 Å². The topological polar surface area (TPSA) is 96.4 Å². The molecule has 0 aromatic carbocycles. The summed E-state index contributed by atoms with van der Waals surface area (Å²) in [6, 6.07) is 0. The molecule has 4 aliphatic carbocycles. The fraction of sp³-hybridized carbons (Fsp3) is 0.875. The number of carbonyl (C=O) groups excluding carboxylic acids is 2. The Bertz CT molecular complexity index is 1060. The molecule has 1 saturated heterocycles. The highest BCUT2D eigenvalue weighted by Gasteiger charge is 2.71. The maximum absolute atomic E-state index is 13.0. The van der Waals surface area contributed by atoms with Crippen molar-refractivity contribution in [2.75, 3.05) is 0 Å². The molecule has 2 unspecified atom stereocenters. The van der Waals surface area contributed by atoms with Crippen molar-refractivity contribution in [3.8, 4) is 0 Å². The van der Waals surface area contributed by atoms with Crippen molar-refractivity contribution in [1.82, 2.24) is 0 Å². The number of ketones is 1. The summed E-state index contributed by atoms with van der Waals surface area (Å²) in [6.07, 6.45) is 3.48. The van der Waals surface area contributed by atoms with Gasteiger partial charge in [-0.2, -0.15) is 0 Å². The van der Waals surface area contributed by atoms with Crippen molar-refractivity contribution >= 4 is 11.8 Å². The van der Waals surface area contributed by atoms with Crippen molar-refractivity contribution in [2.24, 2.45) is 39.4 Å². The maximum atomic E-state index is 13.0. The number of rotatable bonds is 5. The Morgan fingerprint density at radius 3 is 2.26 bits per heavy atom. The number of allylic oxidation sites excluding steroid dienone is 1. The van der Waals surface area contributed by atoms with Crippen LogP contribution in [0.15, 0.2) is 11.1 Å². The summed E-state index contributed by atoms with van der Waals surface area (Å²) in [5, 5.41) is 23.8. The molecule has 0 amide bonds. The Kier molecular flexibility index (Phi) is 6.43. The van der Waals surface area contributed by atoms with Gasteiger partial charge in [0, 0.05) is 18.8 Å². The monoisotopic (exact) mass is 530 g/mol. The number of hydrogen-bond acceptors (Lipinski definition) is 6. The molecule has 0 bridgehead atoms. The van der Waals surface area contributed by atoms with E-state index in [4.69, 9.17) is 9.47 Å². The lowest BCUT2D eigenvalue weighted by Gasteiger charge is -2.69. The molecule has 1 aliphatic heterocycles. The van der Waals surface area contributed by atoms with Gasteiger partial charge in [-0.05, 0) is 91.9 Å². The van der Waals surface area contributed by atoms with Gasteiger partial charge in [0.1, 0.15) is 24.1 Å². The van der Waals surface area contributed by atoms with Crippen LogP contribution >= 0.6 is 0 Å². The Morgan fingerprint density at radius 2 is 1.68 bits per heavy atom. The number of epoxide rings is 1. The van der Waals surface area contributed by atoms with Crippen LogP contribution in [-0.4, -0.2) is 52.0 Å². The highest BCUT2D eigenvalue weighted by atomic mass is 16.6. The summed E-state index contributed by atoms with van der Waals surface area (Å²) in [4.78, 5) is 24.9. The van der Waals surface area contributed by atoms with E-state index in [1.165, 1.54) is 12.5 Å². The molecule has 214 valence electrons. The van der Waals surface area contributed by atoms with E-state index in [2.05, 4.69) is 41.5 Å². The van der Waals surface area contributed by atoms with Gasteiger partial charge in [0.2, 0.25) is 0 Å². The second kappa shape index (κ2) is 8.63. The molecule has 10 atom stereocenters. The highest BCUT2D eigenvalue weighted by molar-refractivity contribution is 5.85. The minimum atomic E-state index is -0.921. The van der Waals surface area contributed by atoms with Crippen molar-refractivity contribution in [3.05, 3.63) is 11.1 Å². The quantitative estimate of drug-likeness (QED) is 0.281. The van der Waals surface area contributed by atoms with E-state index in [9.17, 15) is 19.8 Å². The normalized spacial score (nSPS) is 46.5. The summed E-state index contributed by atoms with van der Waals surface area (Å²) in [5.74, 6) is 0.259. The highest BCUT2D eigenvalue weighted by Crippen LogP contribution is 2.74. The Labute approximate surface area is 228 Å². The van der Waals surface area contributed by atoms with Gasteiger partial charge < -0.3 is 19.7 Å². The third kappa shape index (κ3) is 3.75. The van der Waals surface area contributed by atoms with E-state index in [0.717, 1.165) is 37.7 Å². The lowest BCUT2D eigenvalue weighted by molar-refractivity contribution is -0.227. The van der Waals surface area contributed by atoms with Crippen molar-refractivity contribution < 1.29 is 29.3 Å². The molecule has 6 nitrogen and oxygen atoms in total. The van der Waals surface area contributed by atoms with Crippen molar-refractivity contribution in [2.45, 2.75) is 137 Å². The average molecular weight is 531 g/mol. The van der Waals surface area contributed by atoms with Crippen LogP contribution in [0.5, 0.6) is 0 Å². The minimum absolute atomic E-state index is 0.0750. The molecule has 5 rings (SSSR count). The maximum Gasteiger partial charge on any atom is 0.302 e. The van der Waals surface area contributed by atoms with E-state index in [0.29, 0.717) is 18.6 Å². The second-order valence-corrected chi connectivity index (χ2v) is 15.3. The molecule has 2 N–H and O–H groups in total. The predicted molar refractivity (Wildman–Crippen MR) is 145 cm³/mol. The molecule has 38 heavy (non-hydrogen) atoms. The van der Waals surface area contributed by atoms with Gasteiger partial charge in [0.15, 0.2) is 0 Å². The van der Waals surface area contributed by atoms with Crippen LogP contribution in [0.4, 0.5) is 0 Å². The molecule has 0 spiro atoms. The number of Topliss-reactive ketones (excluding diaryl/α,β-unsaturated/α-hetero) is 1. The smallest absolute Gasteiger partial charge is 0.302 e. The third-order valence-electron chi connectivity index (χ3n) is 12.6. The minimum Gasteiger partial charge on any atom is -0.460 e. The number of aliphatic hydroxyl groups excluding tert-OH is 2. The average Bonchev–Trinajstić information content (AvgIpc) is 3.27. The Balaban J connectivity index is 1.51. The molecule has 0 radical (unpaired) electrons. The van der Waals surface area contributed by atoms with Gasteiger partial charge in [0.05, 0.1) is 11.7 Å². The van der Waals surface area contributed by atoms with Gasteiger partial charge in [-0.1, -0.05) is 47.1 Å². The summed E-state index contributed by atoms with van der Waals surface area (Å²) < 4.78 is 11.6. The number of aliphatic hydroxyl groups is 2. The third-order valence-corrected chi connectivity index (χ3v) is 12.6. The largest absolute Gasteiger partial charge is 0.460 e. The van der Waals surface area contributed by atoms with Crippen molar-refractivity contribution in [3.63, 3.8) is 0 Å². The van der Waals surface area contributed by atoms with Crippen LogP contribution in [0.3, 0.4) is 0 Å². The molecule has 0 aromatic heterocycles. The standard InChI is InChI=1S/C32H50O6/c1-17(16-20(37-18(2)33)27-29(5,6)38-27)19-10-14-31(8)23(19)24(35)25(36)26-30(7)13-12-22(34)28(3,4)21(30)11-15-32(26,31)9/h17,20-21,24-27,35-36H,10-16H2,1-9H3/t17-,20+,21?,24+,25+,26?,27-,30+,31+,32+/m1/s1. The predicted octanol–water partition coefficient (Wildman–Crippen LogP) is 5.38. The summed E-state index contributed by atoms with van der Waals surface area (Å²) in [5.41, 5.74) is 0.931. The second-order valence-electron chi connectivity index (χ2n) is 15.3. The molecular formula is C32H50O6. The summed E-state index contributed by atoms with van der Waals surface area (Å²) in [7, 11) is 0. The molecule has 0 aromatic rings. The number of hydrogen-bond donors (Lipinski definition) is 2. The van der Waals surface area contributed by atoms with E-state index in [1.807, 2.05) is 13.8 Å². The SMILES string of the molecule is CC(=O)O[C@@H](C[C@@H](C)C1=C2[C@H](O)[C@H](O)C3[C@@]4(C)CCC(=O)C(C)(C)C4CC[C@]3(C)[C@@]2(C)CC1)[C@H]1OC1(C)C. The molecule has 4 fully saturated rings. The first-order chi connectivity index (χ1) is 17.4. The molecular weight excluding hydrogens is 480 g/mol. The fourth-order valence-electron chi connectivity index (χ4n) is 10.4. The van der Waals surface area contributed by atoms with Crippen LogP contribution in [0.2, 0.25) is 0 Å². The first-order valence-electron chi connectivity index (χ1n) is 14.9. The molecule has 1 heterocycles. The van der Waals surface area contributed by atoms with Gasteiger partial charge in [-0.25, -0.2) is 0 Å². The molecule has 5 aliphatic rings.